The van der Waals surface area contributed by atoms with E-state index in [4.69, 9.17) is 29.0 Å². The molecule has 0 saturated heterocycles. The number of ether oxygens (including phenoxy) is 2. The molecule has 0 aromatic heterocycles. The monoisotopic (exact) mass is 388 g/mol. The van der Waals surface area contributed by atoms with Gasteiger partial charge in [-0.3, -0.25) is 9.78 Å². The predicted octanol–water partition coefficient (Wildman–Crippen LogP) is 3.54. The lowest BCUT2D eigenvalue weighted by atomic mass is 10.2. The third-order valence-electron chi connectivity index (χ3n) is 3.45. The minimum Gasteiger partial charge on any atom is -0.497 e. The lowest BCUT2D eigenvalue weighted by Gasteiger charge is -2.16. The quantitative estimate of drug-likeness (QED) is 0.476. The van der Waals surface area contributed by atoms with Crippen LogP contribution in [0.1, 0.15) is 27.6 Å². The lowest BCUT2D eigenvalue weighted by molar-refractivity contribution is -0.369. The maximum absolute atomic E-state index is 12.0. The topological polar surface area (TPSA) is 89.5 Å². The molecule has 0 fully saturated rings. The standard InChI is InChI=1S/C20H20O8/c1-13(2)20(27-25-18(21)14-5-9-16(23-3)10-6-14)28-26-19(22)15-7-11-17(24-4)12-8-15/h5-13H,1H2,2-4H3. The van der Waals surface area contributed by atoms with E-state index < -0.39 is 17.9 Å². The summed E-state index contributed by atoms with van der Waals surface area (Å²) < 4.78 is 10.0. The van der Waals surface area contributed by atoms with Gasteiger partial charge in [-0.05, 0) is 55.5 Å². The fraction of sp³-hybridized carbons (Fsp3) is 0.200. The molecule has 2 rings (SSSR count). The zero-order chi connectivity index (χ0) is 20.5. The average Bonchev–Trinajstić information content (AvgIpc) is 2.73. The molecule has 0 amide bonds. The molecule has 2 aromatic rings. The molecule has 0 aliphatic rings. The van der Waals surface area contributed by atoms with E-state index >= 15 is 0 Å². The van der Waals surface area contributed by atoms with Gasteiger partial charge in [0.25, 0.3) is 0 Å². The van der Waals surface area contributed by atoms with Crippen LogP contribution >= 0.6 is 0 Å². The number of hydrogen-bond acceptors (Lipinski definition) is 8. The summed E-state index contributed by atoms with van der Waals surface area (Å²) in [5.41, 5.74) is 0.458. The van der Waals surface area contributed by atoms with Crippen molar-refractivity contribution in [2.75, 3.05) is 14.2 Å². The second-order valence-corrected chi connectivity index (χ2v) is 5.59. The van der Waals surface area contributed by atoms with E-state index in [1.165, 1.54) is 38.5 Å². The molecule has 8 nitrogen and oxygen atoms in total. The van der Waals surface area contributed by atoms with Crippen molar-refractivity contribution >= 4 is 11.9 Å². The summed E-state index contributed by atoms with van der Waals surface area (Å²) in [6.45, 7) is 5.28. The molecule has 1 unspecified atom stereocenters. The van der Waals surface area contributed by atoms with E-state index in [1.807, 2.05) is 0 Å². The van der Waals surface area contributed by atoms with Crippen molar-refractivity contribution in [3.05, 3.63) is 72.9 Å². The number of hydrogen-bond donors (Lipinski definition) is 0. The first-order valence-electron chi connectivity index (χ1n) is 8.20. The molecular formula is C20H20O8. The summed E-state index contributed by atoms with van der Waals surface area (Å²) in [6.07, 6.45) is -0.302. The highest BCUT2D eigenvalue weighted by atomic mass is 17.3. The number of methoxy groups -OCH3 is 2. The third kappa shape index (κ3) is 5.97. The van der Waals surface area contributed by atoms with Gasteiger partial charge in [-0.2, -0.15) is 0 Å². The maximum Gasteiger partial charge on any atom is 0.373 e. The van der Waals surface area contributed by atoms with E-state index in [2.05, 4.69) is 6.92 Å². The van der Waals surface area contributed by atoms with E-state index in [9.17, 15) is 9.59 Å². The van der Waals surface area contributed by atoms with Crippen molar-refractivity contribution in [1.29, 1.82) is 0 Å². The van der Waals surface area contributed by atoms with E-state index in [0.29, 0.717) is 11.5 Å². The first kappa shape index (κ1) is 21.2. The Morgan fingerprint density at radius 2 is 1.07 bits per heavy atom. The fourth-order valence-electron chi connectivity index (χ4n) is 1.89. The second-order valence-electron chi connectivity index (χ2n) is 5.59. The predicted molar refractivity (Wildman–Crippen MR) is 96.8 cm³/mol. The van der Waals surface area contributed by atoms with Crippen LogP contribution in [-0.4, -0.2) is 26.2 Å². The molecule has 2 aromatic carbocycles. The summed E-state index contributed by atoms with van der Waals surface area (Å²) in [4.78, 5) is 43.1. The fourth-order valence-corrected chi connectivity index (χ4v) is 1.89. The van der Waals surface area contributed by atoms with Gasteiger partial charge < -0.3 is 9.47 Å². The Labute approximate surface area is 162 Å². The Morgan fingerprint density at radius 3 is 1.36 bits per heavy atom. The van der Waals surface area contributed by atoms with Gasteiger partial charge in [0.2, 0.25) is 0 Å². The van der Waals surface area contributed by atoms with Crippen LogP contribution in [0.4, 0.5) is 0 Å². The summed E-state index contributed by atoms with van der Waals surface area (Å²) in [6, 6.07) is 12.4. The lowest BCUT2D eigenvalue weighted by Crippen LogP contribution is -2.20. The van der Waals surface area contributed by atoms with Gasteiger partial charge in [-0.15, -0.1) is 9.78 Å². The summed E-state index contributed by atoms with van der Waals surface area (Å²) in [5, 5.41) is 0. The van der Waals surface area contributed by atoms with Gasteiger partial charge >= 0.3 is 18.2 Å². The van der Waals surface area contributed by atoms with E-state index in [-0.39, 0.29) is 17.4 Å². The minimum absolute atomic E-state index is 0.229. The van der Waals surface area contributed by atoms with Gasteiger partial charge in [0.1, 0.15) is 11.5 Å². The largest absolute Gasteiger partial charge is 0.497 e. The van der Waals surface area contributed by atoms with Crippen molar-refractivity contribution in [2.45, 2.75) is 6.92 Å². The molecule has 8 heteroatoms. The summed E-state index contributed by atoms with van der Waals surface area (Å²) in [5.74, 6) is -0.973. The van der Waals surface area contributed by atoms with E-state index in [1.54, 1.807) is 31.2 Å². The van der Waals surface area contributed by atoms with Gasteiger partial charge in [-0.1, -0.05) is 6.92 Å². The van der Waals surface area contributed by atoms with Crippen LogP contribution in [-0.2, 0) is 19.6 Å². The Morgan fingerprint density at radius 1 is 0.714 bits per heavy atom. The van der Waals surface area contributed by atoms with E-state index in [0.717, 1.165) is 0 Å². The molecule has 0 saturated carbocycles. The van der Waals surface area contributed by atoms with Gasteiger partial charge in [-0.25, -0.2) is 9.59 Å². The summed E-state index contributed by atoms with van der Waals surface area (Å²) >= 11 is 0. The van der Waals surface area contributed by atoms with Crippen LogP contribution < -0.4 is 9.47 Å². The molecule has 2 radical (unpaired) electrons. The molecule has 0 heterocycles. The molecule has 0 bridgehead atoms. The summed E-state index contributed by atoms with van der Waals surface area (Å²) in [7, 11) is 3.02. The van der Waals surface area contributed by atoms with Crippen LogP contribution in [0, 0.1) is 19.1 Å². The molecule has 0 spiro atoms. The normalized spacial score (nSPS) is 10.6. The first-order chi connectivity index (χ1) is 13.4. The van der Waals surface area contributed by atoms with Crippen LogP contribution in [0.2, 0.25) is 0 Å². The Bertz CT molecular complexity index is 704. The molecule has 148 valence electrons. The van der Waals surface area contributed by atoms with Crippen molar-refractivity contribution in [3.63, 3.8) is 0 Å². The average molecular weight is 388 g/mol. The Balaban J connectivity index is 1.87. The van der Waals surface area contributed by atoms with Gasteiger partial charge in [0.05, 0.1) is 25.3 Å². The zero-order valence-electron chi connectivity index (χ0n) is 15.7. The van der Waals surface area contributed by atoms with Crippen molar-refractivity contribution < 1.29 is 38.6 Å². The Kier molecular flexibility index (Phi) is 7.79. The van der Waals surface area contributed by atoms with Crippen LogP contribution in [0.3, 0.4) is 0 Å². The van der Waals surface area contributed by atoms with Crippen molar-refractivity contribution in [2.24, 2.45) is 5.92 Å². The first-order valence-corrected chi connectivity index (χ1v) is 8.20. The smallest absolute Gasteiger partial charge is 0.373 e. The van der Waals surface area contributed by atoms with Crippen molar-refractivity contribution in [3.8, 4) is 11.5 Å². The molecule has 0 N–H and O–H groups in total. The SMILES string of the molecule is [CH2]C(C)[C](OOC(=O)c1ccc(OC)cc1)OOC(=O)c1ccc(OC)cc1. The highest BCUT2D eigenvalue weighted by Crippen LogP contribution is 2.20. The third-order valence-corrected chi connectivity index (χ3v) is 3.45. The second kappa shape index (κ2) is 10.3. The van der Waals surface area contributed by atoms with Gasteiger partial charge in [0.15, 0.2) is 0 Å². The highest BCUT2D eigenvalue weighted by molar-refractivity contribution is 5.89. The Hall–Kier alpha value is -3.10. The number of carbonyl (C=O) groups is 2. The van der Waals surface area contributed by atoms with Crippen molar-refractivity contribution in [1.82, 2.24) is 0 Å². The molecule has 0 aliphatic heterocycles. The molecule has 28 heavy (non-hydrogen) atoms. The number of rotatable bonds is 9. The highest BCUT2D eigenvalue weighted by Gasteiger charge is 2.25. The number of carbonyl (C=O) groups excluding carboxylic acids is 2. The minimum atomic E-state index is -0.772. The van der Waals surface area contributed by atoms with Gasteiger partial charge in [0, 0.05) is 5.92 Å². The van der Waals surface area contributed by atoms with Crippen LogP contribution in [0.25, 0.3) is 0 Å². The van der Waals surface area contributed by atoms with Crippen LogP contribution in [0.5, 0.6) is 11.5 Å². The van der Waals surface area contributed by atoms with Crippen LogP contribution in [0.15, 0.2) is 48.5 Å². The molecule has 1 atom stereocenters. The maximum atomic E-state index is 12.0. The zero-order valence-corrected chi connectivity index (χ0v) is 15.7. The molecular weight excluding hydrogens is 368 g/mol. The number of benzene rings is 2. The molecule has 0 aliphatic carbocycles.